The Kier molecular flexibility index (Phi) is 2.69. The van der Waals surface area contributed by atoms with Gasteiger partial charge < -0.3 is 9.47 Å². The summed E-state index contributed by atoms with van der Waals surface area (Å²) in [7, 11) is 0. The van der Waals surface area contributed by atoms with E-state index in [-0.39, 0.29) is 24.1 Å². The topological polar surface area (TPSA) is 35.5 Å². The SMILES string of the molecule is O=C(OC1C2CC3CC(C2)CC1C3)C1CC2OC1C1C3C=CC(C3)C21. The minimum atomic E-state index is 0.0242. The number of hydrogen-bond acceptors (Lipinski definition) is 3. The molecule has 6 aliphatic carbocycles. The van der Waals surface area contributed by atoms with Gasteiger partial charge in [-0.25, -0.2) is 0 Å². The van der Waals surface area contributed by atoms with Crippen LogP contribution in [0.15, 0.2) is 12.2 Å². The van der Waals surface area contributed by atoms with Gasteiger partial charge >= 0.3 is 5.97 Å². The number of esters is 1. The smallest absolute Gasteiger partial charge is 0.311 e. The van der Waals surface area contributed by atoms with Crippen LogP contribution in [-0.2, 0) is 14.3 Å². The van der Waals surface area contributed by atoms with E-state index < -0.39 is 0 Å². The molecule has 25 heavy (non-hydrogen) atoms. The van der Waals surface area contributed by atoms with Crippen molar-refractivity contribution in [2.45, 2.75) is 63.3 Å². The minimum absolute atomic E-state index is 0.0242. The van der Waals surface area contributed by atoms with Gasteiger partial charge in [-0.15, -0.1) is 0 Å². The zero-order chi connectivity index (χ0) is 16.3. The lowest BCUT2D eigenvalue weighted by Gasteiger charge is -2.53. The Balaban J connectivity index is 1.10. The van der Waals surface area contributed by atoms with Crippen LogP contribution in [0.2, 0.25) is 0 Å². The Labute approximate surface area is 149 Å². The van der Waals surface area contributed by atoms with E-state index in [0.29, 0.717) is 35.7 Å². The first-order chi connectivity index (χ1) is 12.2. The first-order valence-corrected chi connectivity index (χ1v) is 10.8. The van der Waals surface area contributed by atoms with Crippen LogP contribution in [0.4, 0.5) is 0 Å². The lowest BCUT2D eigenvalue weighted by molar-refractivity contribution is -0.177. The Morgan fingerprint density at radius 3 is 2.24 bits per heavy atom. The van der Waals surface area contributed by atoms with E-state index >= 15 is 0 Å². The molecule has 2 saturated heterocycles. The lowest BCUT2D eigenvalue weighted by Crippen LogP contribution is -2.51. The van der Waals surface area contributed by atoms with E-state index in [9.17, 15) is 4.79 Å². The van der Waals surface area contributed by atoms with Gasteiger partial charge in [0, 0.05) is 0 Å². The second kappa shape index (κ2) is 4.71. The van der Waals surface area contributed by atoms with Crippen LogP contribution in [0.1, 0.15) is 44.9 Å². The molecule has 7 atom stereocenters. The summed E-state index contributed by atoms with van der Waals surface area (Å²) in [6, 6.07) is 0. The molecule has 8 aliphatic rings. The van der Waals surface area contributed by atoms with Crippen molar-refractivity contribution < 1.29 is 14.3 Å². The summed E-state index contributed by atoms with van der Waals surface area (Å²) in [6.07, 6.45) is 14.5. The highest BCUT2D eigenvalue weighted by atomic mass is 16.6. The first kappa shape index (κ1) is 14.3. The van der Waals surface area contributed by atoms with Crippen LogP contribution in [0, 0.1) is 53.3 Å². The van der Waals surface area contributed by atoms with Gasteiger partial charge in [0.15, 0.2) is 0 Å². The molecule has 7 unspecified atom stereocenters. The number of hydrogen-bond donors (Lipinski definition) is 0. The van der Waals surface area contributed by atoms with Crippen molar-refractivity contribution in [2.75, 3.05) is 0 Å². The summed E-state index contributed by atoms with van der Waals surface area (Å²) in [6.45, 7) is 0. The Morgan fingerprint density at radius 2 is 1.52 bits per heavy atom. The molecule has 0 amide bonds. The van der Waals surface area contributed by atoms with Crippen molar-refractivity contribution in [1.29, 1.82) is 0 Å². The maximum absolute atomic E-state index is 13.1. The van der Waals surface area contributed by atoms with Crippen molar-refractivity contribution >= 4 is 5.97 Å². The average molecular weight is 340 g/mol. The molecule has 0 aromatic carbocycles. The fraction of sp³-hybridized carbons (Fsp3) is 0.864. The second-order valence-electron chi connectivity index (χ2n) is 10.4. The molecule has 3 heteroatoms. The van der Waals surface area contributed by atoms with Crippen LogP contribution < -0.4 is 0 Å². The van der Waals surface area contributed by atoms with Crippen LogP contribution in [0.3, 0.4) is 0 Å². The van der Waals surface area contributed by atoms with E-state index in [1.807, 2.05) is 0 Å². The Bertz CT molecular complexity index is 626. The van der Waals surface area contributed by atoms with Crippen molar-refractivity contribution in [2.24, 2.45) is 53.3 Å². The number of carbonyl (C=O) groups is 1. The van der Waals surface area contributed by atoms with E-state index in [4.69, 9.17) is 9.47 Å². The van der Waals surface area contributed by atoms with E-state index in [2.05, 4.69) is 12.2 Å². The zero-order valence-corrected chi connectivity index (χ0v) is 14.8. The monoisotopic (exact) mass is 340 g/mol. The normalized spacial score (nSPS) is 61.9. The van der Waals surface area contributed by atoms with Gasteiger partial charge in [0.25, 0.3) is 0 Å². The van der Waals surface area contributed by atoms with Gasteiger partial charge in [-0.3, -0.25) is 4.79 Å². The summed E-state index contributed by atoms with van der Waals surface area (Å²) in [5, 5.41) is 0. The fourth-order valence-corrected chi connectivity index (χ4v) is 8.75. The standard InChI is InChI=1S/C22H28O3/c23-22(25-20-14-4-10-3-11(6-14)7-15(20)5-10)16-9-17-18-12-1-2-13(8-12)19(18)21(16)24-17/h1-2,10-21H,3-9H2. The summed E-state index contributed by atoms with van der Waals surface area (Å²) >= 11 is 0. The number of carbonyl (C=O) groups excluding carboxylic acids is 1. The quantitative estimate of drug-likeness (QED) is 0.569. The van der Waals surface area contributed by atoms with Gasteiger partial charge in [-0.05, 0) is 92.3 Å². The molecule has 0 radical (unpaired) electrons. The molecule has 7 fully saturated rings. The Morgan fingerprint density at radius 1 is 0.840 bits per heavy atom. The second-order valence-corrected chi connectivity index (χ2v) is 10.4. The molecule has 8 bridgehead atoms. The van der Waals surface area contributed by atoms with Crippen LogP contribution in [-0.4, -0.2) is 24.3 Å². The summed E-state index contributed by atoms with van der Waals surface area (Å²) in [5.74, 6) is 6.01. The van der Waals surface area contributed by atoms with Crippen molar-refractivity contribution in [3.8, 4) is 0 Å². The molecule has 5 saturated carbocycles. The molecule has 0 aromatic rings. The van der Waals surface area contributed by atoms with Crippen molar-refractivity contribution in [3.05, 3.63) is 12.2 Å². The third-order valence-corrected chi connectivity index (χ3v) is 9.30. The molecular formula is C22H28O3. The highest BCUT2D eigenvalue weighted by molar-refractivity contribution is 5.74. The molecule has 0 N–H and O–H groups in total. The number of allylic oxidation sites excluding steroid dienone is 2. The van der Waals surface area contributed by atoms with E-state index in [1.54, 1.807) is 0 Å². The van der Waals surface area contributed by atoms with Gasteiger partial charge in [-0.1, -0.05) is 12.2 Å². The minimum Gasteiger partial charge on any atom is -0.461 e. The zero-order valence-electron chi connectivity index (χ0n) is 14.8. The molecular weight excluding hydrogens is 312 g/mol. The summed E-state index contributed by atoms with van der Waals surface area (Å²) < 4.78 is 12.6. The molecule has 134 valence electrons. The summed E-state index contributed by atoms with van der Waals surface area (Å²) in [5.41, 5.74) is 0. The maximum Gasteiger partial charge on any atom is 0.311 e. The largest absolute Gasteiger partial charge is 0.461 e. The predicted molar refractivity (Wildman–Crippen MR) is 91.4 cm³/mol. The highest BCUT2D eigenvalue weighted by Crippen LogP contribution is 2.62. The lowest BCUT2D eigenvalue weighted by atomic mass is 9.55. The molecule has 3 nitrogen and oxygen atoms in total. The maximum atomic E-state index is 13.1. The van der Waals surface area contributed by atoms with Gasteiger partial charge in [-0.2, -0.15) is 0 Å². The van der Waals surface area contributed by atoms with Gasteiger partial charge in [0.1, 0.15) is 6.10 Å². The van der Waals surface area contributed by atoms with Crippen LogP contribution >= 0.6 is 0 Å². The highest BCUT2D eigenvalue weighted by Gasteiger charge is 2.64. The van der Waals surface area contributed by atoms with Crippen molar-refractivity contribution in [3.63, 3.8) is 0 Å². The van der Waals surface area contributed by atoms with Gasteiger partial charge in [0.2, 0.25) is 0 Å². The van der Waals surface area contributed by atoms with Gasteiger partial charge in [0.05, 0.1) is 18.1 Å². The van der Waals surface area contributed by atoms with E-state index in [1.165, 1.54) is 38.5 Å². The van der Waals surface area contributed by atoms with Crippen LogP contribution in [0.25, 0.3) is 0 Å². The number of ether oxygens (including phenoxy) is 2. The molecule has 2 aliphatic heterocycles. The Hall–Kier alpha value is -0.830. The first-order valence-electron chi connectivity index (χ1n) is 10.8. The average Bonchev–Trinajstić information content (AvgIpc) is 3.35. The molecule has 2 heterocycles. The predicted octanol–water partition coefficient (Wildman–Crippen LogP) is 3.58. The number of fused-ring (bicyclic) bond motifs is 9. The molecule has 8 rings (SSSR count). The van der Waals surface area contributed by atoms with Crippen molar-refractivity contribution in [1.82, 2.24) is 0 Å². The number of rotatable bonds is 2. The third-order valence-electron chi connectivity index (χ3n) is 9.30. The summed E-state index contributed by atoms with van der Waals surface area (Å²) in [4.78, 5) is 13.1. The molecule has 0 aromatic heterocycles. The van der Waals surface area contributed by atoms with E-state index in [0.717, 1.165) is 24.2 Å². The fourth-order valence-electron chi connectivity index (χ4n) is 8.75. The molecule has 0 spiro atoms. The third kappa shape index (κ3) is 1.79. The van der Waals surface area contributed by atoms with Crippen LogP contribution in [0.5, 0.6) is 0 Å².